The molecule has 1 aromatic carbocycles. The van der Waals surface area contributed by atoms with Crippen LogP contribution in [0.4, 0.5) is 5.69 Å². The molecule has 1 saturated heterocycles. The zero-order valence-corrected chi connectivity index (χ0v) is 11.0. The predicted molar refractivity (Wildman–Crippen MR) is 72.0 cm³/mol. The van der Waals surface area contributed by atoms with Gasteiger partial charge in [0.05, 0.1) is 10.0 Å². The van der Waals surface area contributed by atoms with Crippen LogP contribution in [0, 0.1) is 5.92 Å². The Labute approximate surface area is 109 Å². The number of anilines is 1. The van der Waals surface area contributed by atoms with Crippen molar-refractivity contribution in [1.29, 1.82) is 0 Å². The van der Waals surface area contributed by atoms with Crippen LogP contribution in [-0.4, -0.2) is 23.2 Å². The van der Waals surface area contributed by atoms with Crippen molar-refractivity contribution < 1.29 is 5.11 Å². The maximum Gasteiger partial charge on any atom is 0.152 e. The number of phenolic OH excluding ortho intramolecular Hbond substituents is 1. The monoisotopic (exact) mass is 277 g/mol. The molecular formula is C11H13Cl2NOS. The molecule has 0 amide bonds. The summed E-state index contributed by atoms with van der Waals surface area (Å²) in [4.78, 5) is 0. The van der Waals surface area contributed by atoms with Crippen molar-refractivity contribution in [2.24, 2.45) is 5.92 Å². The van der Waals surface area contributed by atoms with Crippen LogP contribution >= 0.6 is 35.0 Å². The molecule has 1 unspecified atom stereocenters. The standard InChI is InChI=1S/C11H13Cl2NOS/c12-9-3-8(4-10(13)11(9)15)14-5-7-1-2-16-6-7/h3-4,7,14-15H,1-2,5-6H2. The van der Waals surface area contributed by atoms with Gasteiger partial charge in [0.2, 0.25) is 0 Å². The van der Waals surface area contributed by atoms with E-state index in [1.165, 1.54) is 17.9 Å². The van der Waals surface area contributed by atoms with Crippen molar-refractivity contribution in [3.05, 3.63) is 22.2 Å². The second kappa shape index (κ2) is 5.39. The smallest absolute Gasteiger partial charge is 0.152 e. The lowest BCUT2D eigenvalue weighted by atomic mass is 10.1. The van der Waals surface area contributed by atoms with Gasteiger partial charge in [0.15, 0.2) is 5.75 Å². The Morgan fingerprint density at radius 1 is 1.38 bits per heavy atom. The summed E-state index contributed by atoms with van der Waals surface area (Å²) in [6.45, 7) is 0.935. The van der Waals surface area contributed by atoms with E-state index in [0.29, 0.717) is 0 Å². The molecule has 1 atom stereocenters. The molecule has 0 spiro atoms. The van der Waals surface area contributed by atoms with Gasteiger partial charge in [-0.1, -0.05) is 23.2 Å². The van der Waals surface area contributed by atoms with Gasteiger partial charge in [-0.25, -0.2) is 0 Å². The lowest BCUT2D eigenvalue weighted by Gasteiger charge is -2.12. The van der Waals surface area contributed by atoms with Crippen molar-refractivity contribution in [3.63, 3.8) is 0 Å². The van der Waals surface area contributed by atoms with Crippen LogP contribution in [0.1, 0.15) is 6.42 Å². The van der Waals surface area contributed by atoms with Gasteiger partial charge in [0.25, 0.3) is 0 Å². The fourth-order valence-corrected chi connectivity index (χ4v) is 3.45. The maximum atomic E-state index is 9.42. The van der Waals surface area contributed by atoms with Crippen LogP contribution in [0.2, 0.25) is 10.0 Å². The molecule has 88 valence electrons. The van der Waals surface area contributed by atoms with Crippen LogP contribution in [-0.2, 0) is 0 Å². The van der Waals surface area contributed by atoms with Crippen LogP contribution in [0.25, 0.3) is 0 Å². The normalized spacial score (nSPS) is 20.0. The molecule has 1 heterocycles. The molecular weight excluding hydrogens is 265 g/mol. The number of hydrogen-bond acceptors (Lipinski definition) is 3. The van der Waals surface area contributed by atoms with Crippen LogP contribution in [0.15, 0.2) is 12.1 Å². The highest BCUT2D eigenvalue weighted by Crippen LogP contribution is 2.35. The summed E-state index contributed by atoms with van der Waals surface area (Å²) < 4.78 is 0. The van der Waals surface area contributed by atoms with E-state index < -0.39 is 0 Å². The van der Waals surface area contributed by atoms with Crippen molar-refractivity contribution in [1.82, 2.24) is 0 Å². The first-order valence-corrected chi connectivity index (χ1v) is 7.07. The third-order valence-corrected chi connectivity index (χ3v) is 4.44. The second-order valence-corrected chi connectivity index (χ2v) is 5.86. The summed E-state index contributed by atoms with van der Waals surface area (Å²) in [6, 6.07) is 3.40. The summed E-state index contributed by atoms with van der Waals surface area (Å²) in [5, 5.41) is 13.3. The number of aromatic hydroxyl groups is 1. The average Bonchev–Trinajstić information content (AvgIpc) is 2.75. The van der Waals surface area contributed by atoms with Crippen LogP contribution in [0.5, 0.6) is 5.75 Å². The first kappa shape index (κ1) is 12.2. The molecule has 1 aliphatic heterocycles. The highest BCUT2D eigenvalue weighted by Gasteiger charge is 2.15. The average molecular weight is 278 g/mol. The van der Waals surface area contributed by atoms with Gasteiger partial charge in [0.1, 0.15) is 0 Å². The zero-order valence-electron chi connectivity index (χ0n) is 8.67. The van der Waals surface area contributed by atoms with Gasteiger partial charge >= 0.3 is 0 Å². The largest absolute Gasteiger partial charge is 0.505 e. The van der Waals surface area contributed by atoms with E-state index in [-0.39, 0.29) is 15.8 Å². The molecule has 16 heavy (non-hydrogen) atoms. The minimum absolute atomic E-state index is 0.0506. The number of benzene rings is 1. The fraction of sp³-hybridized carbons (Fsp3) is 0.455. The maximum absolute atomic E-state index is 9.42. The van der Waals surface area contributed by atoms with E-state index in [9.17, 15) is 5.11 Å². The predicted octanol–water partition coefficient (Wildman–Crippen LogP) is 3.86. The van der Waals surface area contributed by atoms with E-state index in [1.807, 2.05) is 11.8 Å². The molecule has 0 aliphatic carbocycles. The Morgan fingerprint density at radius 3 is 2.62 bits per heavy atom. The van der Waals surface area contributed by atoms with Crippen LogP contribution < -0.4 is 5.32 Å². The molecule has 1 fully saturated rings. The Kier molecular flexibility index (Phi) is 4.11. The Morgan fingerprint density at radius 2 is 2.06 bits per heavy atom. The lowest BCUT2D eigenvalue weighted by molar-refractivity contribution is 0.476. The molecule has 5 heteroatoms. The summed E-state index contributed by atoms with van der Waals surface area (Å²) in [5.41, 5.74) is 0.865. The third kappa shape index (κ3) is 2.90. The molecule has 2 nitrogen and oxygen atoms in total. The van der Waals surface area contributed by atoms with E-state index in [1.54, 1.807) is 12.1 Å². The number of nitrogens with one attached hydrogen (secondary N) is 1. The number of rotatable bonds is 3. The number of phenols is 1. The molecule has 2 rings (SSSR count). The molecule has 0 aromatic heterocycles. The van der Waals surface area contributed by atoms with Gasteiger partial charge in [-0.05, 0) is 36.0 Å². The van der Waals surface area contributed by atoms with Gasteiger partial charge in [0, 0.05) is 12.2 Å². The number of hydrogen-bond donors (Lipinski definition) is 2. The second-order valence-electron chi connectivity index (χ2n) is 3.90. The molecule has 1 aliphatic rings. The van der Waals surface area contributed by atoms with Crippen LogP contribution in [0.3, 0.4) is 0 Å². The van der Waals surface area contributed by atoms with Crippen molar-refractivity contribution in [2.45, 2.75) is 6.42 Å². The van der Waals surface area contributed by atoms with E-state index in [4.69, 9.17) is 23.2 Å². The minimum atomic E-state index is -0.0506. The highest BCUT2D eigenvalue weighted by atomic mass is 35.5. The van der Waals surface area contributed by atoms with Gasteiger partial charge in [-0.3, -0.25) is 0 Å². The van der Waals surface area contributed by atoms with Gasteiger partial charge in [-0.2, -0.15) is 11.8 Å². The Bertz CT molecular complexity index is 357. The summed E-state index contributed by atoms with van der Waals surface area (Å²) in [7, 11) is 0. The lowest BCUT2D eigenvalue weighted by Crippen LogP contribution is -2.13. The van der Waals surface area contributed by atoms with E-state index in [2.05, 4.69) is 5.32 Å². The Hall–Kier alpha value is -0.250. The highest BCUT2D eigenvalue weighted by molar-refractivity contribution is 7.99. The molecule has 2 N–H and O–H groups in total. The van der Waals surface area contributed by atoms with E-state index in [0.717, 1.165) is 18.2 Å². The SMILES string of the molecule is Oc1c(Cl)cc(NCC2CCSC2)cc1Cl. The van der Waals surface area contributed by atoms with Crippen molar-refractivity contribution in [3.8, 4) is 5.75 Å². The summed E-state index contributed by atoms with van der Waals surface area (Å²) in [6.07, 6.45) is 1.26. The summed E-state index contributed by atoms with van der Waals surface area (Å²) >= 11 is 13.7. The number of thioether (sulfide) groups is 1. The quantitative estimate of drug-likeness (QED) is 0.823. The van der Waals surface area contributed by atoms with Crippen molar-refractivity contribution >= 4 is 40.7 Å². The zero-order chi connectivity index (χ0) is 11.5. The third-order valence-electron chi connectivity index (χ3n) is 2.64. The first-order chi connectivity index (χ1) is 7.66. The molecule has 0 bridgehead atoms. The van der Waals surface area contributed by atoms with Crippen molar-refractivity contribution in [2.75, 3.05) is 23.4 Å². The number of halogens is 2. The molecule has 0 radical (unpaired) electrons. The minimum Gasteiger partial charge on any atom is -0.505 e. The fourth-order valence-electron chi connectivity index (χ4n) is 1.67. The topological polar surface area (TPSA) is 32.3 Å². The van der Waals surface area contributed by atoms with Gasteiger partial charge in [-0.15, -0.1) is 0 Å². The van der Waals surface area contributed by atoms with E-state index >= 15 is 0 Å². The first-order valence-electron chi connectivity index (χ1n) is 5.16. The molecule has 1 aromatic rings. The Balaban J connectivity index is 1.98. The summed E-state index contributed by atoms with van der Waals surface area (Å²) in [5.74, 6) is 3.14. The molecule has 0 saturated carbocycles. The van der Waals surface area contributed by atoms with Gasteiger partial charge < -0.3 is 10.4 Å².